The van der Waals surface area contributed by atoms with Crippen molar-refractivity contribution in [2.75, 3.05) is 13.2 Å². The van der Waals surface area contributed by atoms with Gasteiger partial charge in [0.25, 0.3) is 0 Å². The van der Waals surface area contributed by atoms with Crippen LogP contribution in [0.15, 0.2) is 0 Å². The summed E-state index contributed by atoms with van der Waals surface area (Å²) >= 11 is 0. The summed E-state index contributed by atoms with van der Waals surface area (Å²) in [5.74, 6) is -0.167. The molecule has 0 saturated carbocycles. The van der Waals surface area contributed by atoms with E-state index in [0.29, 0.717) is 6.54 Å². The Kier molecular flexibility index (Phi) is 3.02. The Morgan fingerprint density at radius 1 is 1.75 bits per heavy atom. The highest BCUT2D eigenvalue weighted by molar-refractivity contribution is 5.73. The van der Waals surface area contributed by atoms with E-state index in [9.17, 15) is 9.90 Å². The van der Waals surface area contributed by atoms with Crippen molar-refractivity contribution in [3.8, 4) is 0 Å². The van der Waals surface area contributed by atoms with Crippen LogP contribution in [0.25, 0.3) is 0 Å². The lowest BCUT2D eigenvalue weighted by Crippen LogP contribution is -2.44. The molecule has 1 aliphatic heterocycles. The molecule has 0 bridgehead atoms. The average Bonchev–Trinajstić information content (AvgIpc) is 2.32. The molecule has 1 fully saturated rings. The fourth-order valence-corrected chi connectivity index (χ4v) is 1.37. The molecule has 4 N–H and O–H groups in total. The average molecular weight is 174 g/mol. The van der Waals surface area contributed by atoms with Gasteiger partial charge in [0, 0.05) is 13.5 Å². The van der Waals surface area contributed by atoms with E-state index in [-0.39, 0.29) is 24.6 Å². The minimum atomic E-state index is -0.695. The first-order valence-corrected chi connectivity index (χ1v) is 3.94. The summed E-state index contributed by atoms with van der Waals surface area (Å²) in [7, 11) is 0. The normalized spacial score (nSPS) is 35.1. The standard InChI is InChI=1S/C7H14N2O3/c1-4(11)9-5-2-8-6(3-10)7(5)12/h5-8,10,12H,2-3H2,1H3,(H,9,11)/t5-,6-,7-/m1/s1. The summed E-state index contributed by atoms with van der Waals surface area (Å²) in [5.41, 5.74) is 0. The fourth-order valence-electron chi connectivity index (χ4n) is 1.37. The third-order valence-corrected chi connectivity index (χ3v) is 2.01. The van der Waals surface area contributed by atoms with Crippen molar-refractivity contribution in [1.29, 1.82) is 0 Å². The van der Waals surface area contributed by atoms with E-state index >= 15 is 0 Å². The van der Waals surface area contributed by atoms with Gasteiger partial charge in [-0.1, -0.05) is 0 Å². The Bertz CT molecular complexity index is 174. The zero-order valence-corrected chi connectivity index (χ0v) is 6.95. The highest BCUT2D eigenvalue weighted by Gasteiger charge is 2.33. The SMILES string of the molecule is CC(=O)N[C@@H]1CN[C@H](CO)[C@@H]1O. The van der Waals surface area contributed by atoms with Crippen LogP contribution in [0.2, 0.25) is 0 Å². The molecular formula is C7H14N2O3. The highest BCUT2D eigenvalue weighted by atomic mass is 16.3. The van der Waals surface area contributed by atoms with E-state index in [0.717, 1.165) is 0 Å². The molecular weight excluding hydrogens is 160 g/mol. The molecule has 70 valence electrons. The van der Waals surface area contributed by atoms with Crippen molar-refractivity contribution in [2.24, 2.45) is 0 Å². The molecule has 0 aromatic heterocycles. The second-order valence-electron chi connectivity index (χ2n) is 2.99. The molecule has 1 amide bonds. The minimum Gasteiger partial charge on any atom is -0.395 e. The Labute approximate surface area is 70.8 Å². The molecule has 1 aliphatic rings. The number of nitrogens with one attached hydrogen (secondary N) is 2. The first kappa shape index (κ1) is 9.44. The summed E-state index contributed by atoms with van der Waals surface area (Å²) < 4.78 is 0. The molecule has 0 aliphatic carbocycles. The van der Waals surface area contributed by atoms with E-state index in [1.807, 2.05) is 0 Å². The Balaban J connectivity index is 2.43. The van der Waals surface area contributed by atoms with Crippen LogP contribution in [0.3, 0.4) is 0 Å². The molecule has 1 saturated heterocycles. The van der Waals surface area contributed by atoms with Crippen LogP contribution in [-0.2, 0) is 4.79 Å². The molecule has 0 unspecified atom stereocenters. The van der Waals surface area contributed by atoms with Crippen LogP contribution in [0, 0.1) is 0 Å². The quantitative estimate of drug-likeness (QED) is 0.383. The van der Waals surface area contributed by atoms with Crippen LogP contribution in [0.5, 0.6) is 0 Å². The fraction of sp³-hybridized carbons (Fsp3) is 0.857. The Hall–Kier alpha value is -0.650. The van der Waals surface area contributed by atoms with Crippen molar-refractivity contribution in [2.45, 2.75) is 25.1 Å². The predicted molar refractivity (Wildman–Crippen MR) is 42.5 cm³/mol. The maximum atomic E-state index is 10.6. The zero-order valence-electron chi connectivity index (χ0n) is 6.95. The number of hydrogen-bond donors (Lipinski definition) is 4. The lowest BCUT2D eigenvalue weighted by molar-refractivity contribution is -0.120. The molecule has 5 heteroatoms. The third-order valence-electron chi connectivity index (χ3n) is 2.01. The van der Waals surface area contributed by atoms with Crippen molar-refractivity contribution < 1.29 is 15.0 Å². The van der Waals surface area contributed by atoms with Crippen molar-refractivity contribution in [3.63, 3.8) is 0 Å². The van der Waals surface area contributed by atoms with Crippen LogP contribution < -0.4 is 10.6 Å². The number of carbonyl (C=O) groups is 1. The Morgan fingerprint density at radius 3 is 2.83 bits per heavy atom. The van der Waals surface area contributed by atoms with Gasteiger partial charge in [-0.3, -0.25) is 4.79 Å². The van der Waals surface area contributed by atoms with Crippen molar-refractivity contribution in [3.05, 3.63) is 0 Å². The molecule has 1 rings (SSSR count). The minimum absolute atomic E-state index is 0.114. The molecule has 0 spiro atoms. The zero-order chi connectivity index (χ0) is 9.14. The van der Waals surface area contributed by atoms with Gasteiger partial charge < -0.3 is 20.8 Å². The van der Waals surface area contributed by atoms with Gasteiger partial charge in [-0.25, -0.2) is 0 Å². The van der Waals surface area contributed by atoms with Crippen molar-refractivity contribution >= 4 is 5.91 Å². The molecule has 0 aromatic rings. The number of amides is 1. The van der Waals surface area contributed by atoms with E-state index in [4.69, 9.17) is 5.11 Å². The van der Waals surface area contributed by atoms with Gasteiger partial charge in [0.1, 0.15) is 0 Å². The third kappa shape index (κ3) is 1.94. The van der Waals surface area contributed by atoms with Gasteiger partial charge in [0.15, 0.2) is 0 Å². The van der Waals surface area contributed by atoms with Gasteiger partial charge in [0.05, 0.1) is 24.8 Å². The lowest BCUT2D eigenvalue weighted by Gasteiger charge is -2.17. The second-order valence-corrected chi connectivity index (χ2v) is 2.99. The monoisotopic (exact) mass is 174 g/mol. The van der Waals surface area contributed by atoms with Crippen LogP contribution in [0.4, 0.5) is 0 Å². The summed E-state index contributed by atoms with van der Waals surface area (Å²) in [4.78, 5) is 10.6. The smallest absolute Gasteiger partial charge is 0.217 e. The van der Waals surface area contributed by atoms with E-state index in [1.165, 1.54) is 6.92 Å². The van der Waals surface area contributed by atoms with Crippen LogP contribution in [-0.4, -0.2) is 47.5 Å². The molecule has 5 nitrogen and oxygen atoms in total. The highest BCUT2D eigenvalue weighted by Crippen LogP contribution is 2.06. The van der Waals surface area contributed by atoms with Gasteiger partial charge in [-0.05, 0) is 0 Å². The van der Waals surface area contributed by atoms with Gasteiger partial charge >= 0.3 is 0 Å². The summed E-state index contributed by atoms with van der Waals surface area (Å²) in [6.45, 7) is 1.79. The van der Waals surface area contributed by atoms with E-state index in [2.05, 4.69) is 10.6 Å². The molecule has 0 aromatic carbocycles. The number of carbonyl (C=O) groups excluding carboxylic acids is 1. The lowest BCUT2D eigenvalue weighted by atomic mass is 10.1. The number of hydrogen-bond acceptors (Lipinski definition) is 4. The van der Waals surface area contributed by atoms with Gasteiger partial charge in [-0.15, -0.1) is 0 Å². The van der Waals surface area contributed by atoms with E-state index < -0.39 is 6.10 Å². The molecule has 1 heterocycles. The van der Waals surface area contributed by atoms with Crippen LogP contribution >= 0.6 is 0 Å². The first-order valence-electron chi connectivity index (χ1n) is 3.94. The Morgan fingerprint density at radius 2 is 2.42 bits per heavy atom. The predicted octanol–water partition coefficient (Wildman–Crippen LogP) is -2.18. The largest absolute Gasteiger partial charge is 0.395 e. The summed E-state index contributed by atoms with van der Waals surface area (Å²) in [6.07, 6.45) is -0.695. The topological polar surface area (TPSA) is 81.6 Å². The maximum absolute atomic E-state index is 10.6. The second kappa shape index (κ2) is 3.84. The maximum Gasteiger partial charge on any atom is 0.217 e. The van der Waals surface area contributed by atoms with Crippen molar-refractivity contribution in [1.82, 2.24) is 10.6 Å². The summed E-state index contributed by atoms with van der Waals surface area (Å²) in [5, 5.41) is 23.7. The van der Waals surface area contributed by atoms with E-state index in [1.54, 1.807) is 0 Å². The number of aliphatic hydroxyl groups excluding tert-OH is 2. The first-order chi connectivity index (χ1) is 5.65. The van der Waals surface area contributed by atoms with Crippen LogP contribution in [0.1, 0.15) is 6.92 Å². The van der Waals surface area contributed by atoms with Gasteiger partial charge in [-0.2, -0.15) is 0 Å². The molecule has 3 atom stereocenters. The molecule has 0 radical (unpaired) electrons. The summed E-state index contributed by atoms with van der Waals surface area (Å²) in [6, 6.07) is -0.596. The molecule has 12 heavy (non-hydrogen) atoms. The number of aliphatic hydroxyl groups is 2. The number of rotatable bonds is 2. The van der Waals surface area contributed by atoms with Gasteiger partial charge in [0.2, 0.25) is 5.91 Å².